The molecule has 0 aliphatic carbocycles. The minimum Gasteiger partial charge on any atom is -0.459 e. The highest BCUT2D eigenvalue weighted by atomic mass is 16.6. The molecule has 0 aromatic rings. The standard InChI is InChI=1S/C16H32N2O5/c1-15(2,3)22-13(19)11-18(8-10-21-9-7-17)12-14(20)23-16(4,5)6/h7-12,17H2,1-6H3. The molecule has 0 spiro atoms. The van der Waals surface area contributed by atoms with Crippen LogP contribution >= 0.6 is 0 Å². The summed E-state index contributed by atoms with van der Waals surface area (Å²) in [6.45, 7) is 12.5. The van der Waals surface area contributed by atoms with E-state index in [1.165, 1.54) is 0 Å². The molecule has 0 saturated heterocycles. The van der Waals surface area contributed by atoms with Crippen LogP contribution in [0.5, 0.6) is 0 Å². The van der Waals surface area contributed by atoms with Crippen molar-refractivity contribution in [3.8, 4) is 0 Å². The SMILES string of the molecule is CC(C)(C)OC(=O)CN(CCOCCN)CC(=O)OC(C)(C)C. The second-order valence-corrected chi connectivity index (χ2v) is 7.28. The van der Waals surface area contributed by atoms with Crippen LogP contribution in [0.25, 0.3) is 0 Å². The van der Waals surface area contributed by atoms with Crippen molar-refractivity contribution in [3.05, 3.63) is 0 Å². The van der Waals surface area contributed by atoms with Gasteiger partial charge in [-0.15, -0.1) is 0 Å². The minimum atomic E-state index is -0.565. The average molecular weight is 332 g/mol. The number of nitrogens with two attached hydrogens (primary N) is 1. The molecule has 2 N–H and O–H groups in total. The van der Waals surface area contributed by atoms with Crippen molar-refractivity contribution in [1.82, 2.24) is 4.90 Å². The maximum absolute atomic E-state index is 11.9. The third-order valence-corrected chi connectivity index (χ3v) is 2.36. The van der Waals surface area contributed by atoms with Crippen molar-refractivity contribution in [1.29, 1.82) is 0 Å². The lowest BCUT2D eigenvalue weighted by Gasteiger charge is -2.26. The Labute approximate surface area is 139 Å². The highest BCUT2D eigenvalue weighted by Gasteiger charge is 2.23. The Morgan fingerprint density at radius 3 is 1.65 bits per heavy atom. The largest absolute Gasteiger partial charge is 0.459 e. The second kappa shape index (κ2) is 9.85. The van der Waals surface area contributed by atoms with E-state index in [4.69, 9.17) is 19.9 Å². The van der Waals surface area contributed by atoms with E-state index in [1.807, 2.05) is 0 Å². The lowest BCUT2D eigenvalue weighted by atomic mass is 10.2. The molecular weight excluding hydrogens is 300 g/mol. The van der Waals surface area contributed by atoms with Gasteiger partial charge in [0.25, 0.3) is 0 Å². The maximum Gasteiger partial charge on any atom is 0.320 e. The first-order chi connectivity index (χ1) is 10.4. The first kappa shape index (κ1) is 21.8. The number of carbonyl (C=O) groups excluding carboxylic acids is 2. The Morgan fingerprint density at radius 2 is 1.30 bits per heavy atom. The van der Waals surface area contributed by atoms with Crippen LogP contribution in [0.15, 0.2) is 0 Å². The number of rotatable bonds is 9. The predicted molar refractivity (Wildman–Crippen MR) is 88.0 cm³/mol. The third kappa shape index (κ3) is 14.2. The molecule has 0 fully saturated rings. The Balaban J connectivity index is 4.55. The van der Waals surface area contributed by atoms with E-state index in [2.05, 4.69) is 0 Å². The van der Waals surface area contributed by atoms with Crippen molar-refractivity contribution in [2.75, 3.05) is 39.4 Å². The fourth-order valence-corrected chi connectivity index (χ4v) is 1.71. The van der Waals surface area contributed by atoms with Gasteiger partial charge in [-0.25, -0.2) is 0 Å². The number of nitrogens with zero attached hydrogens (tertiary/aromatic N) is 1. The van der Waals surface area contributed by atoms with Gasteiger partial charge in [-0.3, -0.25) is 14.5 Å². The fraction of sp³-hybridized carbons (Fsp3) is 0.875. The minimum absolute atomic E-state index is 0.00248. The van der Waals surface area contributed by atoms with E-state index in [0.717, 1.165) is 0 Å². The summed E-state index contributed by atoms with van der Waals surface area (Å²) >= 11 is 0. The van der Waals surface area contributed by atoms with Crippen molar-refractivity contribution in [2.45, 2.75) is 52.7 Å². The molecule has 0 radical (unpaired) electrons. The predicted octanol–water partition coefficient (Wildman–Crippen LogP) is 0.947. The zero-order valence-electron chi connectivity index (χ0n) is 15.3. The number of carbonyl (C=O) groups is 2. The van der Waals surface area contributed by atoms with Crippen molar-refractivity contribution in [3.63, 3.8) is 0 Å². The highest BCUT2D eigenvalue weighted by molar-refractivity contribution is 5.75. The number of esters is 2. The summed E-state index contributed by atoms with van der Waals surface area (Å²) in [4.78, 5) is 25.5. The van der Waals surface area contributed by atoms with E-state index in [0.29, 0.717) is 26.3 Å². The van der Waals surface area contributed by atoms with Gasteiger partial charge >= 0.3 is 11.9 Å². The molecule has 136 valence electrons. The van der Waals surface area contributed by atoms with Crippen LogP contribution in [0, 0.1) is 0 Å². The van der Waals surface area contributed by atoms with Crippen LogP contribution in [-0.4, -0.2) is 67.4 Å². The van der Waals surface area contributed by atoms with E-state index in [9.17, 15) is 9.59 Å². The van der Waals surface area contributed by atoms with Gasteiger partial charge in [0.05, 0.1) is 26.3 Å². The Kier molecular flexibility index (Phi) is 9.34. The zero-order valence-corrected chi connectivity index (χ0v) is 15.3. The molecule has 0 aliphatic rings. The number of hydrogen-bond acceptors (Lipinski definition) is 7. The van der Waals surface area contributed by atoms with Crippen LogP contribution in [0.2, 0.25) is 0 Å². The molecule has 0 heterocycles. The van der Waals surface area contributed by atoms with Crippen molar-refractivity contribution >= 4 is 11.9 Å². The molecule has 0 amide bonds. The van der Waals surface area contributed by atoms with Gasteiger partial charge in [0.15, 0.2) is 0 Å². The van der Waals surface area contributed by atoms with Crippen LogP contribution < -0.4 is 5.73 Å². The third-order valence-electron chi connectivity index (χ3n) is 2.36. The van der Waals surface area contributed by atoms with Gasteiger partial charge in [0, 0.05) is 13.1 Å². The second-order valence-electron chi connectivity index (χ2n) is 7.28. The molecular formula is C16H32N2O5. The first-order valence-corrected chi connectivity index (χ1v) is 7.87. The molecule has 7 heteroatoms. The molecule has 0 unspecified atom stereocenters. The zero-order chi connectivity index (χ0) is 18.1. The maximum atomic E-state index is 11.9. The monoisotopic (exact) mass is 332 g/mol. The lowest BCUT2D eigenvalue weighted by molar-refractivity contribution is -0.160. The summed E-state index contributed by atoms with van der Waals surface area (Å²) < 4.78 is 15.9. The average Bonchev–Trinajstić information content (AvgIpc) is 2.29. The number of hydrogen-bond donors (Lipinski definition) is 1. The topological polar surface area (TPSA) is 91.1 Å². The molecule has 0 saturated carbocycles. The van der Waals surface area contributed by atoms with Gasteiger partial charge in [0.1, 0.15) is 11.2 Å². The van der Waals surface area contributed by atoms with Gasteiger partial charge in [0.2, 0.25) is 0 Å². The molecule has 0 rings (SSSR count). The van der Waals surface area contributed by atoms with Gasteiger partial charge < -0.3 is 19.9 Å². The Bertz CT molecular complexity index is 342. The summed E-state index contributed by atoms with van der Waals surface area (Å²) in [5.41, 5.74) is 4.23. The van der Waals surface area contributed by atoms with Crippen molar-refractivity contribution in [2.24, 2.45) is 5.73 Å². The van der Waals surface area contributed by atoms with Crippen LogP contribution in [-0.2, 0) is 23.8 Å². The quantitative estimate of drug-likeness (QED) is 0.496. The molecule has 0 atom stereocenters. The fourth-order valence-electron chi connectivity index (χ4n) is 1.71. The molecule has 0 aromatic carbocycles. The van der Waals surface area contributed by atoms with Crippen molar-refractivity contribution < 1.29 is 23.8 Å². The normalized spacial score (nSPS) is 12.3. The van der Waals surface area contributed by atoms with Gasteiger partial charge in [-0.05, 0) is 41.5 Å². The molecule has 7 nitrogen and oxygen atoms in total. The summed E-state index contributed by atoms with van der Waals surface area (Å²) in [6, 6.07) is 0. The first-order valence-electron chi connectivity index (χ1n) is 7.87. The smallest absolute Gasteiger partial charge is 0.320 e. The summed E-state index contributed by atoms with van der Waals surface area (Å²) in [7, 11) is 0. The van der Waals surface area contributed by atoms with E-state index in [1.54, 1.807) is 46.4 Å². The molecule has 0 aromatic heterocycles. The number of ether oxygens (including phenoxy) is 3. The molecule has 0 aliphatic heterocycles. The van der Waals surface area contributed by atoms with Crippen LogP contribution in [0.4, 0.5) is 0 Å². The van der Waals surface area contributed by atoms with E-state index >= 15 is 0 Å². The van der Waals surface area contributed by atoms with E-state index < -0.39 is 11.2 Å². The Hall–Kier alpha value is -1.18. The summed E-state index contributed by atoms with van der Waals surface area (Å²) in [6.07, 6.45) is 0. The Morgan fingerprint density at radius 1 is 0.870 bits per heavy atom. The summed E-state index contributed by atoms with van der Waals surface area (Å²) in [5, 5.41) is 0. The van der Waals surface area contributed by atoms with Gasteiger partial charge in [-0.2, -0.15) is 0 Å². The van der Waals surface area contributed by atoms with Crippen LogP contribution in [0.3, 0.4) is 0 Å². The van der Waals surface area contributed by atoms with Gasteiger partial charge in [-0.1, -0.05) is 0 Å². The van der Waals surface area contributed by atoms with E-state index in [-0.39, 0.29) is 25.0 Å². The van der Waals surface area contributed by atoms with Crippen LogP contribution in [0.1, 0.15) is 41.5 Å². The highest BCUT2D eigenvalue weighted by Crippen LogP contribution is 2.09. The molecule has 0 bridgehead atoms. The summed E-state index contributed by atoms with van der Waals surface area (Å²) in [5.74, 6) is -0.778. The lowest BCUT2D eigenvalue weighted by Crippen LogP contribution is -2.41. The molecule has 23 heavy (non-hydrogen) atoms.